The topological polar surface area (TPSA) is 55.4 Å². The van der Waals surface area contributed by atoms with Gasteiger partial charge in [-0.1, -0.05) is 37.3 Å². The molecule has 1 saturated heterocycles. The minimum atomic E-state index is -0.659. The van der Waals surface area contributed by atoms with Gasteiger partial charge in [-0.15, -0.1) is 0 Å². The van der Waals surface area contributed by atoms with Crippen molar-refractivity contribution in [3.05, 3.63) is 35.9 Å². The lowest BCUT2D eigenvalue weighted by molar-refractivity contribution is -0.135. The summed E-state index contributed by atoms with van der Waals surface area (Å²) in [7, 11) is 0. The maximum Gasteiger partial charge on any atom is 0.415 e. The zero-order chi connectivity index (χ0) is 10.8. The summed E-state index contributed by atoms with van der Waals surface area (Å²) in [5.74, 6) is -0.582. The standard InChI is InChI=1S/C11H11NO3/c1-7(8-5-3-2-4-6-8)9-10(13)15-11(14)12-9/h2-7,9H,1H3,(H,12,14). The maximum absolute atomic E-state index is 11.3. The van der Waals surface area contributed by atoms with Gasteiger partial charge in [0, 0.05) is 5.92 Å². The first kappa shape index (κ1) is 9.71. The summed E-state index contributed by atoms with van der Waals surface area (Å²) >= 11 is 0. The second-order valence-corrected chi connectivity index (χ2v) is 3.53. The van der Waals surface area contributed by atoms with E-state index in [9.17, 15) is 9.59 Å². The molecule has 0 radical (unpaired) electrons. The number of carbonyl (C=O) groups excluding carboxylic acids is 2. The average molecular weight is 205 g/mol. The Morgan fingerprint density at radius 3 is 2.47 bits per heavy atom. The molecule has 1 amide bonds. The van der Waals surface area contributed by atoms with Gasteiger partial charge in [0.2, 0.25) is 0 Å². The van der Waals surface area contributed by atoms with Gasteiger partial charge in [-0.2, -0.15) is 0 Å². The monoisotopic (exact) mass is 205 g/mol. The molecule has 1 N–H and O–H groups in total. The zero-order valence-corrected chi connectivity index (χ0v) is 8.27. The summed E-state index contributed by atoms with van der Waals surface area (Å²) in [5, 5.41) is 2.49. The molecular weight excluding hydrogens is 194 g/mol. The summed E-state index contributed by atoms with van der Waals surface area (Å²) in [6.07, 6.45) is -0.659. The zero-order valence-electron chi connectivity index (χ0n) is 8.27. The van der Waals surface area contributed by atoms with Gasteiger partial charge in [0.1, 0.15) is 6.04 Å². The normalized spacial score (nSPS) is 22.1. The molecule has 1 aliphatic heterocycles. The van der Waals surface area contributed by atoms with Crippen LogP contribution in [0.2, 0.25) is 0 Å². The molecule has 0 spiro atoms. The largest absolute Gasteiger partial charge is 0.415 e. The molecule has 2 rings (SSSR count). The number of nitrogens with one attached hydrogen (secondary N) is 1. The number of alkyl carbamates (subject to hydrolysis) is 1. The van der Waals surface area contributed by atoms with Crippen LogP contribution in [0, 0.1) is 0 Å². The molecule has 2 unspecified atom stereocenters. The van der Waals surface area contributed by atoms with Crippen LogP contribution in [0.1, 0.15) is 18.4 Å². The number of benzene rings is 1. The van der Waals surface area contributed by atoms with E-state index in [1.165, 1.54) is 0 Å². The van der Waals surface area contributed by atoms with Crippen LogP contribution in [0.15, 0.2) is 30.3 Å². The Bertz CT molecular complexity index is 388. The van der Waals surface area contributed by atoms with Crippen LogP contribution in [0.3, 0.4) is 0 Å². The molecule has 1 heterocycles. The molecule has 0 aliphatic carbocycles. The molecule has 1 aliphatic rings. The van der Waals surface area contributed by atoms with Crippen molar-refractivity contribution in [3.8, 4) is 0 Å². The Labute approximate surface area is 87.2 Å². The lowest BCUT2D eigenvalue weighted by Gasteiger charge is -2.15. The fraction of sp³-hybridized carbons (Fsp3) is 0.273. The van der Waals surface area contributed by atoms with Crippen molar-refractivity contribution < 1.29 is 14.3 Å². The van der Waals surface area contributed by atoms with E-state index in [1.807, 2.05) is 37.3 Å². The fourth-order valence-corrected chi connectivity index (χ4v) is 1.65. The summed E-state index contributed by atoms with van der Waals surface area (Å²) < 4.78 is 4.43. The van der Waals surface area contributed by atoms with Crippen molar-refractivity contribution in [2.45, 2.75) is 18.9 Å². The second kappa shape index (κ2) is 3.73. The van der Waals surface area contributed by atoms with E-state index in [1.54, 1.807) is 0 Å². The van der Waals surface area contributed by atoms with Gasteiger partial charge in [0.25, 0.3) is 0 Å². The lowest BCUT2D eigenvalue weighted by Crippen LogP contribution is -2.33. The number of hydrogen-bond acceptors (Lipinski definition) is 3. The van der Waals surface area contributed by atoms with E-state index >= 15 is 0 Å². The van der Waals surface area contributed by atoms with E-state index < -0.39 is 18.1 Å². The predicted molar refractivity (Wildman–Crippen MR) is 53.3 cm³/mol. The van der Waals surface area contributed by atoms with Crippen molar-refractivity contribution in [2.24, 2.45) is 0 Å². The van der Waals surface area contributed by atoms with Crippen molar-refractivity contribution in [2.75, 3.05) is 0 Å². The molecule has 0 saturated carbocycles. The van der Waals surface area contributed by atoms with Gasteiger partial charge >= 0.3 is 12.1 Å². The Kier molecular flexibility index (Phi) is 2.41. The number of hydrogen-bond donors (Lipinski definition) is 1. The van der Waals surface area contributed by atoms with Crippen molar-refractivity contribution in [3.63, 3.8) is 0 Å². The smallest absolute Gasteiger partial charge is 0.375 e. The van der Waals surface area contributed by atoms with Crippen molar-refractivity contribution in [1.29, 1.82) is 0 Å². The minimum absolute atomic E-state index is 0.0786. The minimum Gasteiger partial charge on any atom is -0.375 e. The first-order valence-corrected chi connectivity index (χ1v) is 4.75. The SMILES string of the molecule is CC(c1ccccc1)C1NC(=O)OC1=O. The molecule has 0 bridgehead atoms. The summed E-state index contributed by atoms with van der Waals surface area (Å²) in [6.45, 7) is 1.88. The number of rotatable bonds is 2. The van der Waals surface area contributed by atoms with Crippen molar-refractivity contribution in [1.82, 2.24) is 5.32 Å². The van der Waals surface area contributed by atoms with E-state index in [2.05, 4.69) is 10.1 Å². The highest BCUT2D eigenvalue weighted by molar-refractivity contribution is 5.96. The highest BCUT2D eigenvalue weighted by atomic mass is 16.6. The van der Waals surface area contributed by atoms with E-state index in [0.29, 0.717) is 0 Å². The Balaban J connectivity index is 2.18. The second-order valence-electron chi connectivity index (χ2n) is 3.53. The van der Waals surface area contributed by atoms with Crippen LogP contribution < -0.4 is 5.32 Å². The van der Waals surface area contributed by atoms with Crippen LogP contribution in [0.4, 0.5) is 4.79 Å². The van der Waals surface area contributed by atoms with E-state index in [-0.39, 0.29) is 5.92 Å². The third kappa shape index (κ3) is 1.83. The average Bonchev–Trinajstić information content (AvgIpc) is 2.58. The lowest BCUT2D eigenvalue weighted by atomic mass is 9.94. The number of cyclic esters (lactones) is 2. The maximum atomic E-state index is 11.3. The molecule has 0 aromatic heterocycles. The molecule has 4 heteroatoms. The Morgan fingerprint density at radius 2 is 1.93 bits per heavy atom. The van der Waals surface area contributed by atoms with Crippen LogP contribution in [-0.2, 0) is 9.53 Å². The Morgan fingerprint density at radius 1 is 1.27 bits per heavy atom. The van der Waals surface area contributed by atoms with E-state index in [0.717, 1.165) is 5.56 Å². The van der Waals surface area contributed by atoms with Gasteiger partial charge in [-0.3, -0.25) is 0 Å². The molecule has 1 aromatic rings. The molecule has 2 atom stereocenters. The summed E-state index contributed by atoms with van der Waals surface area (Å²) in [4.78, 5) is 22.1. The Hall–Kier alpha value is -1.84. The number of amides is 1. The van der Waals surface area contributed by atoms with Gasteiger partial charge in [0.05, 0.1) is 0 Å². The third-order valence-electron chi connectivity index (χ3n) is 2.55. The summed E-state index contributed by atoms with van der Waals surface area (Å²) in [5.41, 5.74) is 1.00. The van der Waals surface area contributed by atoms with Crippen LogP contribution in [0.5, 0.6) is 0 Å². The number of carbonyl (C=O) groups is 2. The fourth-order valence-electron chi connectivity index (χ4n) is 1.65. The molecule has 78 valence electrons. The summed E-state index contributed by atoms with van der Waals surface area (Å²) in [6, 6.07) is 8.97. The predicted octanol–water partition coefficient (Wildman–Crippen LogP) is 1.43. The van der Waals surface area contributed by atoms with Crippen LogP contribution >= 0.6 is 0 Å². The first-order chi connectivity index (χ1) is 7.18. The quantitative estimate of drug-likeness (QED) is 0.587. The molecule has 1 aromatic carbocycles. The highest BCUT2D eigenvalue weighted by Gasteiger charge is 2.36. The van der Waals surface area contributed by atoms with Gasteiger partial charge in [-0.05, 0) is 5.56 Å². The number of esters is 1. The highest BCUT2D eigenvalue weighted by Crippen LogP contribution is 2.22. The van der Waals surface area contributed by atoms with Gasteiger partial charge < -0.3 is 10.1 Å². The third-order valence-corrected chi connectivity index (χ3v) is 2.55. The molecular formula is C11H11NO3. The first-order valence-electron chi connectivity index (χ1n) is 4.75. The van der Waals surface area contributed by atoms with Gasteiger partial charge in [0.15, 0.2) is 0 Å². The van der Waals surface area contributed by atoms with Gasteiger partial charge in [-0.25, -0.2) is 9.59 Å². The van der Waals surface area contributed by atoms with Crippen LogP contribution in [0.25, 0.3) is 0 Å². The molecule has 1 fully saturated rings. The van der Waals surface area contributed by atoms with Crippen LogP contribution in [-0.4, -0.2) is 18.1 Å². The number of ether oxygens (including phenoxy) is 1. The van der Waals surface area contributed by atoms with Crippen molar-refractivity contribution >= 4 is 12.1 Å². The van der Waals surface area contributed by atoms with E-state index in [4.69, 9.17) is 0 Å². The molecule has 4 nitrogen and oxygen atoms in total. The molecule has 15 heavy (non-hydrogen) atoms.